The second-order valence-corrected chi connectivity index (χ2v) is 12.1. The van der Waals surface area contributed by atoms with Crippen molar-refractivity contribution in [1.82, 2.24) is 9.55 Å². The summed E-state index contributed by atoms with van der Waals surface area (Å²) >= 11 is 15.6. The fourth-order valence-corrected chi connectivity index (χ4v) is 6.26. The maximum Gasteiger partial charge on any atom is 0.266 e. The minimum Gasteiger partial charge on any atom is -0.288 e. The Balaban J connectivity index is 0.00000400. The lowest BCUT2D eigenvalue weighted by atomic mass is 10.0. The first-order chi connectivity index (χ1) is 17.4. The maximum absolute atomic E-state index is 15.4. The van der Waals surface area contributed by atoms with E-state index in [-0.39, 0.29) is 50.9 Å². The Labute approximate surface area is 236 Å². The number of rotatable bonds is 7. The predicted octanol–water partition coefficient (Wildman–Crippen LogP) is 7.26. The molecule has 0 bridgehead atoms. The predicted molar refractivity (Wildman–Crippen MR) is 148 cm³/mol. The Hall–Kier alpha value is -2.66. The van der Waals surface area contributed by atoms with Crippen LogP contribution in [0.25, 0.3) is 11.0 Å². The van der Waals surface area contributed by atoms with Crippen LogP contribution in [0.15, 0.2) is 53.3 Å². The van der Waals surface area contributed by atoms with Gasteiger partial charge in [0.15, 0.2) is 9.84 Å². The van der Waals surface area contributed by atoms with Crippen LogP contribution in [0.1, 0.15) is 52.6 Å². The first-order valence-corrected chi connectivity index (χ1v) is 14.2. The van der Waals surface area contributed by atoms with E-state index in [0.29, 0.717) is 10.9 Å². The Kier molecular flexibility index (Phi) is 9.13. The SMILES string of the molecule is C.CCCS(=O)(=O)Cc1ccc(F)c(C(=O)c2cn(C(=O)c3c(Cl)cccc3Cl)c3ncc(Br)cc23)c1F. The van der Waals surface area contributed by atoms with Gasteiger partial charge in [-0.25, -0.2) is 22.2 Å². The lowest BCUT2D eigenvalue weighted by molar-refractivity contribution is 0.0964. The molecule has 0 unspecified atom stereocenters. The molecule has 0 atom stereocenters. The van der Waals surface area contributed by atoms with Crippen LogP contribution in [0.2, 0.25) is 10.0 Å². The van der Waals surface area contributed by atoms with Gasteiger partial charge in [-0.05, 0) is 46.6 Å². The van der Waals surface area contributed by atoms with Crippen LogP contribution in [-0.4, -0.2) is 35.4 Å². The molecule has 0 fully saturated rings. The third-order valence-electron chi connectivity index (χ3n) is 5.54. The van der Waals surface area contributed by atoms with Gasteiger partial charge in [-0.3, -0.25) is 14.2 Å². The molecule has 2 heterocycles. The van der Waals surface area contributed by atoms with Crippen molar-refractivity contribution in [3.8, 4) is 0 Å². The lowest BCUT2D eigenvalue weighted by Crippen LogP contribution is -2.14. The average Bonchev–Trinajstić information content (AvgIpc) is 3.19. The van der Waals surface area contributed by atoms with Gasteiger partial charge in [-0.15, -0.1) is 0 Å². The molecule has 2 aromatic heterocycles. The Bertz CT molecular complexity index is 1670. The highest BCUT2D eigenvalue weighted by atomic mass is 79.9. The molecular formula is C26H21BrCl2F2N2O4S. The van der Waals surface area contributed by atoms with Crippen molar-refractivity contribution in [3.05, 3.63) is 97.2 Å². The molecule has 0 saturated carbocycles. The molecule has 0 N–H and O–H groups in total. The second kappa shape index (κ2) is 11.6. The zero-order chi connectivity index (χ0) is 27.1. The Morgan fingerprint density at radius 2 is 1.74 bits per heavy atom. The van der Waals surface area contributed by atoms with E-state index in [2.05, 4.69) is 20.9 Å². The standard InChI is InChI=1S/C25H17BrCl2F2N2O4S.CH4/c1-2-8-37(35,36)12-13-6-7-19(29)21(22(13)30)23(33)16-11-32(24-15(16)9-14(26)10-31-24)25(34)20-17(27)4-3-5-18(20)28;/h3-7,9-11H,2,8,12H2,1H3;1H4. The highest BCUT2D eigenvalue weighted by Crippen LogP contribution is 2.31. The molecule has 0 aliphatic carbocycles. The molecule has 6 nitrogen and oxygen atoms in total. The molecule has 0 aliphatic heterocycles. The number of carbonyl (C=O) groups excluding carboxylic acids is 2. The molecule has 0 radical (unpaired) electrons. The largest absolute Gasteiger partial charge is 0.288 e. The van der Waals surface area contributed by atoms with Crippen molar-refractivity contribution in [2.75, 3.05) is 5.75 Å². The summed E-state index contributed by atoms with van der Waals surface area (Å²) in [6, 6.07) is 7.79. The van der Waals surface area contributed by atoms with Gasteiger partial charge >= 0.3 is 0 Å². The summed E-state index contributed by atoms with van der Waals surface area (Å²) in [5, 5.41) is 0.239. The third-order valence-corrected chi connectivity index (χ3v) is 8.38. The van der Waals surface area contributed by atoms with Gasteiger partial charge < -0.3 is 0 Å². The molecule has 0 aliphatic rings. The van der Waals surface area contributed by atoms with Crippen molar-refractivity contribution in [1.29, 1.82) is 0 Å². The molecule has 12 heteroatoms. The molecule has 2 aromatic carbocycles. The highest BCUT2D eigenvalue weighted by molar-refractivity contribution is 9.10. The monoisotopic (exact) mass is 644 g/mol. The van der Waals surface area contributed by atoms with Gasteiger partial charge in [0.2, 0.25) is 5.78 Å². The minimum absolute atomic E-state index is 0. The minimum atomic E-state index is -3.68. The van der Waals surface area contributed by atoms with Crippen molar-refractivity contribution in [3.63, 3.8) is 0 Å². The van der Waals surface area contributed by atoms with Gasteiger partial charge in [0.1, 0.15) is 17.3 Å². The van der Waals surface area contributed by atoms with Crippen LogP contribution in [0.4, 0.5) is 8.78 Å². The third kappa shape index (κ3) is 5.68. The zero-order valence-corrected chi connectivity index (χ0v) is 23.0. The Morgan fingerprint density at radius 3 is 2.37 bits per heavy atom. The summed E-state index contributed by atoms with van der Waals surface area (Å²) < 4.78 is 56.2. The van der Waals surface area contributed by atoms with Crippen molar-refractivity contribution < 1.29 is 26.8 Å². The molecule has 0 amide bonds. The summed E-state index contributed by atoms with van der Waals surface area (Å²) in [5.41, 5.74) is -1.53. The topological polar surface area (TPSA) is 86.1 Å². The summed E-state index contributed by atoms with van der Waals surface area (Å²) in [6.07, 6.45) is 2.81. The van der Waals surface area contributed by atoms with Crippen molar-refractivity contribution in [2.24, 2.45) is 0 Å². The first-order valence-electron chi connectivity index (χ1n) is 10.8. The maximum atomic E-state index is 15.4. The number of aromatic nitrogens is 2. The van der Waals surface area contributed by atoms with Crippen LogP contribution in [0.3, 0.4) is 0 Å². The van der Waals surface area contributed by atoms with E-state index < -0.39 is 44.5 Å². The lowest BCUT2D eigenvalue weighted by Gasteiger charge is -2.09. The van der Waals surface area contributed by atoms with Crippen molar-refractivity contribution in [2.45, 2.75) is 26.5 Å². The normalized spacial score (nSPS) is 11.4. The van der Waals surface area contributed by atoms with Gasteiger partial charge in [0.25, 0.3) is 5.91 Å². The molecular weight excluding hydrogens is 625 g/mol. The molecule has 200 valence electrons. The molecule has 4 rings (SSSR count). The van der Waals surface area contributed by atoms with Gasteiger partial charge in [0.05, 0.1) is 38.2 Å². The quantitative estimate of drug-likeness (QED) is 0.197. The number of ketones is 1. The number of fused-ring (bicyclic) bond motifs is 1. The molecule has 38 heavy (non-hydrogen) atoms. The molecule has 0 spiro atoms. The smallest absolute Gasteiger partial charge is 0.266 e. The Morgan fingerprint density at radius 1 is 1.08 bits per heavy atom. The fraction of sp³-hybridized carbons (Fsp3) is 0.192. The summed E-state index contributed by atoms with van der Waals surface area (Å²) in [5.74, 6) is -5.14. The van der Waals surface area contributed by atoms with Crippen LogP contribution in [-0.2, 0) is 15.6 Å². The number of hydrogen-bond acceptors (Lipinski definition) is 5. The number of halogens is 5. The number of nitrogens with zero attached hydrogens (tertiary/aromatic N) is 2. The number of carbonyl (C=O) groups is 2. The van der Waals surface area contributed by atoms with E-state index in [9.17, 15) is 22.4 Å². The number of pyridine rings is 1. The van der Waals surface area contributed by atoms with E-state index in [4.69, 9.17) is 23.2 Å². The van der Waals surface area contributed by atoms with E-state index in [1.165, 1.54) is 24.4 Å². The molecule has 4 aromatic rings. The van der Waals surface area contributed by atoms with Crippen LogP contribution < -0.4 is 0 Å². The number of sulfone groups is 1. The van der Waals surface area contributed by atoms with Gasteiger partial charge in [-0.2, -0.15) is 0 Å². The van der Waals surface area contributed by atoms with Crippen molar-refractivity contribution >= 4 is 71.7 Å². The average molecular weight is 646 g/mol. The van der Waals surface area contributed by atoms with E-state index in [1.807, 2.05) is 0 Å². The zero-order valence-electron chi connectivity index (χ0n) is 19.1. The van der Waals surface area contributed by atoms with E-state index >= 15 is 4.39 Å². The number of benzene rings is 2. The first kappa shape index (κ1) is 29.9. The summed E-state index contributed by atoms with van der Waals surface area (Å²) in [7, 11) is -3.68. The summed E-state index contributed by atoms with van der Waals surface area (Å²) in [6.45, 7) is 1.66. The summed E-state index contributed by atoms with van der Waals surface area (Å²) in [4.78, 5) is 31.1. The van der Waals surface area contributed by atoms with Crippen LogP contribution >= 0.6 is 39.1 Å². The highest BCUT2D eigenvalue weighted by Gasteiger charge is 2.29. The van der Waals surface area contributed by atoms with Crippen LogP contribution in [0.5, 0.6) is 0 Å². The van der Waals surface area contributed by atoms with E-state index in [1.54, 1.807) is 13.0 Å². The van der Waals surface area contributed by atoms with Crippen LogP contribution in [0, 0.1) is 11.6 Å². The number of hydrogen-bond donors (Lipinski definition) is 0. The van der Waals surface area contributed by atoms with Gasteiger partial charge in [0, 0.05) is 27.8 Å². The van der Waals surface area contributed by atoms with Gasteiger partial charge in [-0.1, -0.05) is 49.7 Å². The second-order valence-electron chi connectivity index (χ2n) is 8.16. The van der Waals surface area contributed by atoms with E-state index in [0.717, 1.165) is 22.9 Å². The molecule has 0 saturated heterocycles. The fourth-order valence-electron chi connectivity index (χ4n) is 3.91.